The van der Waals surface area contributed by atoms with Crippen molar-refractivity contribution in [2.45, 2.75) is 18.7 Å². The zero-order chi connectivity index (χ0) is 22.9. The Kier molecular flexibility index (Phi) is 5.97. The lowest BCUT2D eigenvalue weighted by Gasteiger charge is -2.17. The summed E-state index contributed by atoms with van der Waals surface area (Å²) in [5.41, 5.74) is 7.76. The van der Waals surface area contributed by atoms with Crippen molar-refractivity contribution < 1.29 is 17.9 Å². The third-order valence-electron chi connectivity index (χ3n) is 4.64. The number of carbonyl (C=O) groups is 1. The lowest BCUT2D eigenvalue weighted by molar-refractivity contribution is 0.0593. The molecule has 1 heterocycles. The molecule has 3 rings (SSSR count). The molecule has 2 aromatic carbocycles. The van der Waals surface area contributed by atoms with Gasteiger partial charge in [-0.3, -0.25) is 4.72 Å². The number of hydrogen-bond acceptors (Lipinski definition) is 6. The van der Waals surface area contributed by atoms with Crippen LogP contribution in [-0.4, -0.2) is 26.1 Å². The molecule has 0 saturated heterocycles. The van der Waals surface area contributed by atoms with Gasteiger partial charge < -0.3 is 15.0 Å². The molecule has 0 bridgehead atoms. The van der Waals surface area contributed by atoms with Gasteiger partial charge in [0.25, 0.3) is 10.0 Å². The highest BCUT2D eigenvalue weighted by atomic mass is 35.5. The molecule has 0 radical (unpaired) electrons. The van der Waals surface area contributed by atoms with Crippen LogP contribution in [0.4, 0.5) is 11.4 Å². The Labute approximate surface area is 184 Å². The summed E-state index contributed by atoms with van der Waals surface area (Å²) in [5, 5.41) is 9.26. The molecule has 3 N–H and O–H groups in total. The molecule has 8 nitrogen and oxygen atoms in total. The van der Waals surface area contributed by atoms with Crippen molar-refractivity contribution in [1.82, 2.24) is 4.57 Å². The van der Waals surface area contributed by atoms with Gasteiger partial charge in [0.05, 0.1) is 34.8 Å². The van der Waals surface area contributed by atoms with Crippen molar-refractivity contribution in [1.29, 1.82) is 5.26 Å². The highest BCUT2D eigenvalue weighted by Gasteiger charge is 2.28. The second-order valence-electron chi connectivity index (χ2n) is 6.79. The molecule has 0 aliphatic heterocycles. The molecule has 0 amide bonds. The lowest BCUT2D eigenvalue weighted by atomic mass is 10.1. The Hall–Kier alpha value is -3.48. The number of carbonyl (C=O) groups excluding carboxylic acids is 1. The number of ether oxygens (including phenoxy) is 1. The Balaban J connectivity index is 2.25. The van der Waals surface area contributed by atoms with Crippen molar-refractivity contribution in [2.24, 2.45) is 0 Å². The number of halogens is 1. The molecular formula is C21H19ClN4O4S. The van der Waals surface area contributed by atoms with Gasteiger partial charge in [0.1, 0.15) is 11.0 Å². The fourth-order valence-electron chi connectivity index (χ4n) is 3.18. The van der Waals surface area contributed by atoms with Gasteiger partial charge in [0.2, 0.25) is 0 Å². The van der Waals surface area contributed by atoms with Crippen LogP contribution in [0.5, 0.6) is 0 Å². The van der Waals surface area contributed by atoms with E-state index >= 15 is 0 Å². The highest BCUT2D eigenvalue weighted by molar-refractivity contribution is 7.93. The molecule has 0 atom stereocenters. The van der Waals surface area contributed by atoms with Crippen LogP contribution in [0, 0.1) is 25.2 Å². The number of nitrogens with zero attached hydrogens (tertiary/aromatic N) is 2. The van der Waals surface area contributed by atoms with E-state index in [2.05, 4.69) is 4.72 Å². The average molecular weight is 459 g/mol. The van der Waals surface area contributed by atoms with Gasteiger partial charge in [-0.1, -0.05) is 35.4 Å². The smallest absolute Gasteiger partial charge is 0.357 e. The number of nitrogens with one attached hydrogen (secondary N) is 1. The number of aromatic nitrogens is 1. The Bertz CT molecular complexity index is 1340. The van der Waals surface area contributed by atoms with E-state index in [1.54, 1.807) is 19.1 Å². The van der Waals surface area contributed by atoms with E-state index in [0.29, 0.717) is 5.69 Å². The minimum Gasteiger partial charge on any atom is -0.464 e. The summed E-state index contributed by atoms with van der Waals surface area (Å²) >= 11 is 6.30. The van der Waals surface area contributed by atoms with Crippen molar-refractivity contribution in [2.75, 3.05) is 17.6 Å². The number of methoxy groups -OCH3 is 1. The summed E-state index contributed by atoms with van der Waals surface area (Å²) < 4.78 is 35.2. The summed E-state index contributed by atoms with van der Waals surface area (Å²) in [4.78, 5) is 12.1. The molecule has 0 aliphatic rings. The van der Waals surface area contributed by atoms with Crippen LogP contribution >= 0.6 is 11.6 Å². The number of nitrogen functional groups attached to an aromatic ring is 1. The maximum absolute atomic E-state index is 13.3. The van der Waals surface area contributed by atoms with Crippen LogP contribution in [0.15, 0.2) is 47.5 Å². The number of nitrogens with two attached hydrogens (primary N) is 1. The van der Waals surface area contributed by atoms with Crippen LogP contribution in [0.25, 0.3) is 5.69 Å². The van der Waals surface area contributed by atoms with Gasteiger partial charge in [0.15, 0.2) is 5.69 Å². The molecule has 0 aliphatic carbocycles. The summed E-state index contributed by atoms with van der Waals surface area (Å²) in [6.45, 7) is 3.68. The van der Waals surface area contributed by atoms with Gasteiger partial charge in [-0.15, -0.1) is 0 Å². The average Bonchev–Trinajstić information content (AvgIpc) is 3.05. The van der Waals surface area contributed by atoms with E-state index in [1.807, 2.05) is 19.1 Å². The normalized spacial score (nSPS) is 11.1. The first-order chi connectivity index (χ1) is 14.6. The van der Waals surface area contributed by atoms with Gasteiger partial charge in [0, 0.05) is 6.20 Å². The van der Waals surface area contributed by atoms with Crippen LogP contribution in [0.3, 0.4) is 0 Å². The molecule has 0 fully saturated rings. The summed E-state index contributed by atoms with van der Waals surface area (Å²) in [7, 11) is -3.04. The molecule has 1 aromatic heterocycles. The minimum absolute atomic E-state index is 0.00828. The standard InChI is InChI=1S/C21H19ClN4O4S/c1-12-7-8-16(13(2)9-12)25-31(28,29)20-15(22)5-4-6-17(20)26-11-14(10-23)18(24)19(26)21(27)30-3/h4-9,11,25H,24H2,1-3H3. The zero-order valence-corrected chi connectivity index (χ0v) is 18.5. The Morgan fingerprint density at radius 1 is 1.26 bits per heavy atom. The first kappa shape index (κ1) is 22.2. The van der Waals surface area contributed by atoms with Crippen LogP contribution in [0.2, 0.25) is 5.02 Å². The molecule has 0 saturated carbocycles. The molecule has 0 spiro atoms. The minimum atomic E-state index is -4.20. The first-order valence-corrected chi connectivity index (χ1v) is 10.8. The maximum Gasteiger partial charge on any atom is 0.357 e. The fourth-order valence-corrected chi connectivity index (χ4v) is 5.04. The van der Waals surface area contributed by atoms with Gasteiger partial charge in [-0.25, -0.2) is 13.2 Å². The predicted molar refractivity (Wildman–Crippen MR) is 118 cm³/mol. The van der Waals surface area contributed by atoms with Crippen molar-refractivity contribution in [3.05, 3.63) is 70.0 Å². The zero-order valence-electron chi connectivity index (χ0n) is 16.9. The summed E-state index contributed by atoms with van der Waals surface area (Å²) in [6.07, 6.45) is 1.27. The van der Waals surface area contributed by atoms with Crippen molar-refractivity contribution >= 4 is 39.0 Å². The molecule has 31 heavy (non-hydrogen) atoms. The van der Waals surface area contributed by atoms with E-state index in [9.17, 15) is 18.5 Å². The van der Waals surface area contributed by atoms with Crippen LogP contribution < -0.4 is 10.5 Å². The van der Waals surface area contributed by atoms with E-state index in [1.165, 1.54) is 29.0 Å². The van der Waals surface area contributed by atoms with Crippen molar-refractivity contribution in [3.63, 3.8) is 0 Å². The van der Waals surface area contributed by atoms with Crippen LogP contribution in [0.1, 0.15) is 27.2 Å². The van der Waals surface area contributed by atoms with Gasteiger partial charge in [-0.2, -0.15) is 5.26 Å². The second-order valence-corrected chi connectivity index (χ2v) is 8.82. The number of hydrogen-bond donors (Lipinski definition) is 2. The quantitative estimate of drug-likeness (QED) is 0.560. The molecule has 0 unspecified atom stereocenters. The van der Waals surface area contributed by atoms with Crippen molar-refractivity contribution in [3.8, 4) is 11.8 Å². The van der Waals surface area contributed by atoms with Gasteiger partial charge >= 0.3 is 5.97 Å². The predicted octanol–water partition coefficient (Wildman–Crippen LogP) is 3.79. The first-order valence-electron chi connectivity index (χ1n) is 8.99. The number of nitriles is 1. The second kappa shape index (κ2) is 8.34. The van der Waals surface area contributed by atoms with E-state index < -0.39 is 16.0 Å². The highest BCUT2D eigenvalue weighted by Crippen LogP contribution is 2.34. The number of rotatable bonds is 5. The van der Waals surface area contributed by atoms with Crippen LogP contribution in [-0.2, 0) is 14.8 Å². The van der Waals surface area contributed by atoms with E-state index in [-0.39, 0.29) is 32.6 Å². The third kappa shape index (κ3) is 4.08. The number of sulfonamides is 1. The number of benzene rings is 2. The number of anilines is 2. The fraction of sp³-hybridized carbons (Fsp3) is 0.143. The Morgan fingerprint density at radius 3 is 2.58 bits per heavy atom. The SMILES string of the molecule is COC(=O)c1c(N)c(C#N)cn1-c1cccc(Cl)c1S(=O)(=O)Nc1ccc(C)cc1C. The monoisotopic (exact) mass is 458 g/mol. The largest absolute Gasteiger partial charge is 0.464 e. The molecular weight excluding hydrogens is 440 g/mol. The van der Waals surface area contributed by atoms with E-state index in [4.69, 9.17) is 22.1 Å². The van der Waals surface area contributed by atoms with Gasteiger partial charge in [-0.05, 0) is 37.6 Å². The van der Waals surface area contributed by atoms with E-state index in [0.717, 1.165) is 18.2 Å². The molecule has 10 heteroatoms. The summed E-state index contributed by atoms with van der Waals surface area (Å²) in [5.74, 6) is -0.829. The molecule has 3 aromatic rings. The Morgan fingerprint density at radius 2 is 1.97 bits per heavy atom. The lowest BCUT2D eigenvalue weighted by Crippen LogP contribution is -2.18. The summed E-state index contributed by atoms with van der Waals surface area (Å²) in [6, 6.07) is 11.5. The third-order valence-corrected chi connectivity index (χ3v) is 6.53. The topological polar surface area (TPSA) is 127 Å². The number of esters is 1. The molecule has 160 valence electrons. The maximum atomic E-state index is 13.3. The number of aryl methyl sites for hydroxylation is 2.